The van der Waals surface area contributed by atoms with Crippen LogP contribution in [0.1, 0.15) is 93.9 Å². The zero-order chi connectivity index (χ0) is 47.1. The van der Waals surface area contributed by atoms with Crippen molar-refractivity contribution in [1.29, 1.82) is 0 Å². The lowest BCUT2D eigenvalue weighted by Gasteiger charge is -2.71. The second kappa shape index (κ2) is 17.1. The summed E-state index contributed by atoms with van der Waals surface area (Å²) < 4.78 is 42.9. The zero-order valence-corrected chi connectivity index (χ0v) is 39.2. The van der Waals surface area contributed by atoms with E-state index in [-0.39, 0.29) is 57.5 Å². The molecule has 4 aliphatic heterocycles. The lowest BCUT2D eigenvalue weighted by Crippen LogP contribution is -2.68. The average molecular weight is 927 g/mol. The molecule has 2 bridgehead atoms. The Balaban J connectivity index is 0.947. The maximum absolute atomic E-state index is 12.0. The van der Waals surface area contributed by atoms with E-state index in [1.54, 1.807) is 0 Å². The van der Waals surface area contributed by atoms with E-state index in [9.17, 15) is 51.1 Å². The van der Waals surface area contributed by atoms with Crippen molar-refractivity contribution >= 4 is 0 Å². The highest BCUT2D eigenvalue weighted by Crippen LogP contribution is 2.75. The summed E-state index contributed by atoms with van der Waals surface area (Å²) in [4.78, 5) is 0. The highest BCUT2D eigenvalue weighted by molar-refractivity contribution is 5.27. The Morgan fingerprint density at radius 2 is 1.29 bits per heavy atom. The molecule has 0 spiro atoms. The van der Waals surface area contributed by atoms with Crippen LogP contribution in [0.25, 0.3) is 0 Å². The molecule has 27 atom stereocenters. The fraction of sp³-hybridized carbons (Fsp3) is 0.958. The molecule has 0 aromatic carbocycles. The van der Waals surface area contributed by atoms with Gasteiger partial charge >= 0.3 is 0 Å². The topological polar surface area (TPSA) is 267 Å². The molecule has 9 rings (SSSR count). The number of ether oxygens (including phenoxy) is 7. The minimum Gasteiger partial charge on any atom is -0.394 e. The molecule has 17 nitrogen and oxygen atoms in total. The number of aliphatic hydroxyl groups excluding tert-OH is 10. The van der Waals surface area contributed by atoms with Crippen LogP contribution in [-0.4, -0.2) is 181 Å². The van der Waals surface area contributed by atoms with Crippen LogP contribution in [0.3, 0.4) is 0 Å². The summed E-state index contributed by atoms with van der Waals surface area (Å²) in [6, 6.07) is 0. The van der Waals surface area contributed by atoms with Gasteiger partial charge in [0.05, 0.1) is 44.2 Å². The first-order valence-corrected chi connectivity index (χ1v) is 24.3. The molecule has 372 valence electrons. The van der Waals surface area contributed by atoms with Gasteiger partial charge in [0, 0.05) is 0 Å². The first kappa shape index (κ1) is 49.1. The molecule has 4 heterocycles. The number of hydrogen-bond donors (Lipinski definition) is 10. The molecule has 0 aromatic heterocycles. The van der Waals surface area contributed by atoms with Crippen molar-refractivity contribution in [2.75, 3.05) is 19.8 Å². The summed E-state index contributed by atoms with van der Waals surface area (Å²) in [5, 5.41) is 108. The molecule has 0 amide bonds. The third-order valence-corrected chi connectivity index (χ3v) is 19.9. The van der Waals surface area contributed by atoms with E-state index in [1.807, 2.05) is 0 Å². The fourth-order valence-electron chi connectivity index (χ4n) is 15.7. The van der Waals surface area contributed by atoms with Gasteiger partial charge in [-0.15, -0.1) is 0 Å². The highest BCUT2D eigenvalue weighted by atomic mass is 16.8. The van der Waals surface area contributed by atoms with E-state index in [0.29, 0.717) is 18.3 Å². The molecular weight excluding hydrogens is 849 g/mol. The molecule has 2 unspecified atom stereocenters. The zero-order valence-electron chi connectivity index (χ0n) is 39.2. The van der Waals surface area contributed by atoms with Crippen LogP contribution >= 0.6 is 0 Å². The van der Waals surface area contributed by atoms with Crippen LogP contribution < -0.4 is 0 Å². The van der Waals surface area contributed by atoms with Gasteiger partial charge in [0.25, 0.3) is 0 Å². The Morgan fingerprint density at radius 3 is 2.00 bits per heavy atom. The maximum atomic E-state index is 12.0. The van der Waals surface area contributed by atoms with Crippen LogP contribution in [0.15, 0.2) is 12.2 Å². The molecule has 9 aliphatic rings. The number of hydrogen-bond acceptors (Lipinski definition) is 17. The van der Waals surface area contributed by atoms with Crippen molar-refractivity contribution in [3.63, 3.8) is 0 Å². The van der Waals surface area contributed by atoms with E-state index in [0.717, 1.165) is 38.7 Å². The molecule has 65 heavy (non-hydrogen) atoms. The Hall–Kier alpha value is -0.940. The summed E-state index contributed by atoms with van der Waals surface area (Å²) >= 11 is 0. The Labute approximate surface area is 382 Å². The Bertz CT molecular complexity index is 1750. The summed E-state index contributed by atoms with van der Waals surface area (Å²) in [6.07, 6.45) is -13.5. The molecule has 0 radical (unpaired) electrons. The monoisotopic (exact) mass is 927 g/mol. The van der Waals surface area contributed by atoms with Gasteiger partial charge < -0.3 is 84.2 Å². The highest BCUT2D eigenvalue weighted by Gasteiger charge is 2.71. The van der Waals surface area contributed by atoms with E-state index < -0.39 is 117 Å². The molecule has 0 aromatic rings. The van der Waals surface area contributed by atoms with Crippen molar-refractivity contribution in [2.24, 2.45) is 62.6 Å². The normalized spacial score (nSPS) is 58.0. The summed E-state index contributed by atoms with van der Waals surface area (Å²) in [6.45, 7) is 17.5. The van der Waals surface area contributed by atoms with Crippen molar-refractivity contribution in [1.82, 2.24) is 0 Å². The molecule has 4 saturated heterocycles. The van der Waals surface area contributed by atoms with Gasteiger partial charge in [0.15, 0.2) is 18.9 Å². The minimum atomic E-state index is -1.75. The third-order valence-electron chi connectivity index (χ3n) is 19.9. The van der Waals surface area contributed by atoms with Gasteiger partial charge in [-0.05, 0) is 108 Å². The second-order valence-electron chi connectivity index (χ2n) is 23.7. The van der Waals surface area contributed by atoms with Crippen LogP contribution in [0.5, 0.6) is 0 Å². The lowest BCUT2D eigenvalue weighted by molar-refractivity contribution is -0.373. The largest absolute Gasteiger partial charge is 0.394 e. The second-order valence-corrected chi connectivity index (χ2v) is 23.7. The van der Waals surface area contributed by atoms with Crippen molar-refractivity contribution in [2.45, 2.75) is 204 Å². The van der Waals surface area contributed by atoms with Crippen molar-refractivity contribution in [3.05, 3.63) is 12.2 Å². The summed E-state index contributed by atoms with van der Waals surface area (Å²) in [7, 11) is 0. The van der Waals surface area contributed by atoms with Crippen molar-refractivity contribution in [3.8, 4) is 0 Å². The molecule has 8 fully saturated rings. The summed E-state index contributed by atoms with van der Waals surface area (Å²) in [5.74, 6) is 1.67. The van der Waals surface area contributed by atoms with Gasteiger partial charge in [-0.1, -0.05) is 60.6 Å². The lowest BCUT2D eigenvalue weighted by atomic mass is 9.33. The van der Waals surface area contributed by atoms with Crippen LogP contribution in [-0.2, 0) is 33.2 Å². The third kappa shape index (κ3) is 7.42. The van der Waals surface area contributed by atoms with Gasteiger partial charge in [0.2, 0.25) is 0 Å². The van der Waals surface area contributed by atoms with E-state index in [2.05, 4.69) is 60.6 Å². The van der Waals surface area contributed by atoms with Crippen LogP contribution in [0.2, 0.25) is 0 Å². The number of fused-ring (bicyclic) bond motifs is 10. The molecular formula is C48H78O17. The summed E-state index contributed by atoms with van der Waals surface area (Å²) in [5.41, 5.74) is -0.763. The van der Waals surface area contributed by atoms with E-state index >= 15 is 0 Å². The first-order valence-electron chi connectivity index (χ1n) is 24.3. The number of aliphatic hydroxyl groups is 10. The molecule has 5 aliphatic carbocycles. The quantitative estimate of drug-likeness (QED) is 0.116. The molecule has 17 heteroatoms. The van der Waals surface area contributed by atoms with Crippen LogP contribution in [0, 0.1) is 62.6 Å². The van der Waals surface area contributed by atoms with E-state index in [1.165, 1.54) is 6.92 Å². The Kier molecular flexibility index (Phi) is 12.9. The minimum absolute atomic E-state index is 0.0623. The fourth-order valence-corrected chi connectivity index (χ4v) is 15.7. The van der Waals surface area contributed by atoms with Gasteiger partial charge in [-0.2, -0.15) is 0 Å². The molecule has 4 saturated carbocycles. The van der Waals surface area contributed by atoms with Crippen LogP contribution in [0.4, 0.5) is 0 Å². The van der Waals surface area contributed by atoms with E-state index in [4.69, 9.17) is 33.2 Å². The predicted molar refractivity (Wildman–Crippen MR) is 228 cm³/mol. The van der Waals surface area contributed by atoms with Crippen molar-refractivity contribution < 1.29 is 84.2 Å². The van der Waals surface area contributed by atoms with Gasteiger partial charge in [-0.3, -0.25) is 0 Å². The smallest absolute Gasteiger partial charge is 0.187 e. The number of rotatable bonds is 8. The predicted octanol–water partition coefficient (Wildman–Crippen LogP) is 0.341. The Morgan fingerprint density at radius 1 is 0.646 bits per heavy atom. The standard InChI is InChI=1S/C48H78O17/c1-20-31(51)33(53)37(57)42(61-20)65-39-26(19-60-41-36(56)34(54)32(52)25(17-49)62-41)63-43(38(58)35(39)55)64-29-12-13-46(6)27(45(29,4)5)11-14-47(7)28(46)10-9-23-30-22(24(50)16-48(23,47)8)15-21-18-59-40(30)44(21,2)3/h9-10,20-43,49-58H,11-19H2,1-8H3/t20-,21?,22-,23-,24-,25+,26+,27-,28+,29-,30+,31-,32+,33+,34-,35+,36+,37+,38+,39+,40?,41+,42+,43-,46-,47+,48+/m0/s1. The average Bonchev–Trinajstić information content (AvgIpc) is 3.38. The SMILES string of the molecule is C[C@@H]1O[C@H](O[C@H]2[C@H](O)[C@@H](O)[C@H](O[C@H]3CC[C@]4(C)[C@H]5C=C[C@H]6[C@@H]7C8OCC(C[C@H]7[C@@H](O)C[C@@]6(C)[C@]5(C)CC[C@H]4C3(C)C)C8(C)C)O[C@@H]2CO[C@@H]2O[C@H](CO)[C@@H](O)[C@H](O)[C@H]2O)[C@H](O)[C@H](O)[C@H]1O. The van der Waals surface area contributed by atoms with Gasteiger partial charge in [-0.25, -0.2) is 0 Å². The first-order chi connectivity index (χ1) is 30.4. The molecule has 10 N–H and O–H groups in total. The number of allylic oxidation sites excluding steroid dienone is 2. The maximum Gasteiger partial charge on any atom is 0.187 e. The van der Waals surface area contributed by atoms with Gasteiger partial charge in [0.1, 0.15) is 67.1 Å².